The molecule has 1 fully saturated rings. The zero-order valence-electron chi connectivity index (χ0n) is 26.4. The first-order valence-corrected chi connectivity index (χ1v) is 17.2. The lowest BCUT2D eigenvalue weighted by molar-refractivity contribution is -0.127. The summed E-state index contributed by atoms with van der Waals surface area (Å²) in [5.41, 5.74) is 0.516. The highest BCUT2D eigenvalue weighted by molar-refractivity contribution is 7.90. The third-order valence-corrected chi connectivity index (χ3v) is 10.2. The van der Waals surface area contributed by atoms with Gasteiger partial charge in [0.1, 0.15) is 22.2 Å². The number of anilines is 2. The van der Waals surface area contributed by atoms with Crippen LogP contribution in [0.2, 0.25) is 0 Å². The highest BCUT2D eigenvalue weighted by Gasteiger charge is 2.32. The van der Waals surface area contributed by atoms with E-state index >= 15 is 0 Å². The number of likely N-dealkylation sites (N-methyl/N-ethyl adjacent to an activating group) is 1. The van der Waals surface area contributed by atoms with Gasteiger partial charge in [-0.25, -0.2) is 21.9 Å². The zero-order chi connectivity index (χ0) is 35.2. The molecule has 1 aliphatic rings. The molecule has 0 atom stereocenters. The number of rotatable bonds is 12. The van der Waals surface area contributed by atoms with E-state index in [-0.39, 0.29) is 40.4 Å². The molecule has 0 bridgehead atoms. The van der Waals surface area contributed by atoms with Crippen molar-refractivity contribution in [3.05, 3.63) is 46.6 Å². The van der Waals surface area contributed by atoms with Crippen LogP contribution in [0.15, 0.2) is 35.2 Å². The summed E-state index contributed by atoms with van der Waals surface area (Å²) in [6.07, 6.45) is -2.79. The van der Waals surface area contributed by atoms with Gasteiger partial charge in [-0.3, -0.25) is 9.59 Å². The fourth-order valence-electron chi connectivity index (χ4n) is 5.55. The zero-order valence-corrected chi connectivity index (χ0v) is 28.0. The van der Waals surface area contributed by atoms with E-state index in [2.05, 4.69) is 22.5 Å². The van der Waals surface area contributed by atoms with Crippen molar-refractivity contribution < 1.29 is 44.7 Å². The number of carbonyl (C=O) groups is 2. The number of carbonyl (C=O) groups excluding carboxylic acids is 2. The molecule has 1 heterocycles. The van der Waals surface area contributed by atoms with Gasteiger partial charge >= 0.3 is 6.18 Å². The number of thiophene rings is 1. The van der Waals surface area contributed by atoms with E-state index in [1.807, 2.05) is 19.0 Å². The van der Waals surface area contributed by atoms with Crippen molar-refractivity contribution in [3.8, 4) is 17.6 Å². The Bertz CT molecular complexity index is 1830. The number of hydrogen-bond acceptors (Lipinski definition) is 9. The van der Waals surface area contributed by atoms with Gasteiger partial charge in [-0.2, -0.15) is 13.2 Å². The van der Waals surface area contributed by atoms with Crippen molar-refractivity contribution in [2.45, 2.75) is 56.1 Å². The lowest BCUT2D eigenvalue weighted by Crippen LogP contribution is -2.33. The van der Waals surface area contributed by atoms with Gasteiger partial charge in [0.15, 0.2) is 0 Å². The largest absolute Gasteiger partial charge is 0.461 e. The standard InChI is InChI=1S/C32H35F5N4O5S2/c1-19(42)40-48(44,45)30-15-28(46-18-33)26(14-24(30)34)38-13-5-8-29-23(16-32(35,36)37)22-6-4-7-25(31(22)47-29)39-21-11-9-20(10-12-21)27(43)17-41(2)3/h4,6-7,14-15,20-21,38-39H,9-13,16-18H2,1-3H3,(H,40,42). The number of benzene rings is 2. The molecule has 0 radical (unpaired) electrons. The lowest BCUT2D eigenvalue weighted by atomic mass is 9.83. The number of ketones is 1. The smallest absolute Gasteiger partial charge is 0.393 e. The highest BCUT2D eigenvalue weighted by Crippen LogP contribution is 2.40. The molecule has 1 amide bonds. The third kappa shape index (κ3) is 9.57. The summed E-state index contributed by atoms with van der Waals surface area (Å²) in [4.78, 5) is 24.8. The van der Waals surface area contributed by atoms with E-state index in [1.165, 1.54) is 0 Å². The number of amides is 1. The summed E-state index contributed by atoms with van der Waals surface area (Å²) in [7, 11) is -0.909. The van der Waals surface area contributed by atoms with Crippen molar-refractivity contribution in [3.63, 3.8) is 0 Å². The summed E-state index contributed by atoms with van der Waals surface area (Å²) in [6, 6.07) is 6.56. The van der Waals surface area contributed by atoms with E-state index < -0.39 is 51.9 Å². The maximum atomic E-state index is 14.7. The van der Waals surface area contributed by atoms with Crippen LogP contribution in [0.25, 0.3) is 10.1 Å². The van der Waals surface area contributed by atoms with Crippen molar-refractivity contribution in [2.75, 3.05) is 44.7 Å². The molecule has 16 heteroatoms. The molecular formula is C32H35F5N4O5S2. The Morgan fingerprint density at radius 2 is 1.81 bits per heavy atom. The Hall–Kier alpha value is -3.94. The monoisotopic (exact) mass is 714 g/mol. The van der Waals surface area contributed by atoms with Crippen molar-refractivity contribution in [1.82, 2.24) is 9.62 Å². The van der Waals surface area contributed by atoms with E-state index in [0.29, 0.717) is 28.4 Å². The number of Topliss-reactive ketones (excluding diaryl/α,β-unsaturated/α-hetero) is 1. The molecule has 0 unspecified atom stereocenters. The molecule has 3 aromatic rings. The predicted molar refractivity (Wildman–Crippen MR) is 174 cm³/mol. The van der Waals surface area contributed by atoms with Gasteiger partial charge in [-0.05, 0) is 56.8 Å². The number of halogens is 5. The molecule has 1 aliphatic carbocycles. The molecule has 1 aromatic heterocycles. The average molecular weight is 715 g/mol. The van der Waals surface area contributed by atoms with E-state index in [4.69, 9.17) is 4.74 Å². The van der Waals surface area contributed by atoms with Gasteiger partial charge in [0.05, 0.1) is 40.5 Å². The SMILES string of the molecule is CC(=O)NS(=O)(=O)c1cc(OCF)c(NCC#Cc2sc3c(NC4CCC(C(=O)CN(C)C)CC4)cccc3c2CC(F)(F)F)cc1F. The molecule has 2 aromatic carbocycles. The molecule has 9 nitrogen and oxygen atoms in total. The van der Waals surface area contributed by atoms with Crippen LogP contribution < -0.4 is 20.1 Å². The second-order valence-corrected chi connectivity index (χ2v) is 14.3. The number of sulfonamides is 1. The van der Waals surface area contributed by atoms with Gasteiger partial charge in [0, 0.05) is 31.0 Å². The molecular weight excluding hydrogens is 679 g/mol. The van der Waals surface area contributed by atoms with E-state index in [9.17, 15) is 40.0 Å². The number of ether oxygens (including phenoxy) is 1. The van der Waals surface area contributed by atoms with E-state index in [0.717, 1.165) is 50.0 Å². The Labute approximate surface area is 279 Å². The Balaban J connectivity index is 1.56. The molecule has 1 saturated carbocycles. The summed E-state index contributed by atoms with van der Waals surface area (Å²) < 4.78 is 100. The van der Waals surface area contributed by atoms with Crippen LogP contribution in [0.4, 0.5) is 33.3 Å². The van der Waals surface area contributed by atoms with E-state index in [1.54, 1.807) is 22.9 Å². The van der Waals surface area contributed by atoms with Gasteiger partial charge in [-0.15, -0.1) is 11.3 Å². The number of nitrogens with one attached hydrogen (secondary N) is 3. The van der Waals surface area contributed by atoms with Crippen molar-refractivity contribution >= 4 is 54.5 Å². The van der Waals surface area contributed by atoms with Crippen LogP contribution in [0.5, 0.6) is 5.75 Å². The maximum absolute atomic E-state index is 14.7. The van der Waals surface area contributed by atoms with Gasteiger partial charge in [-0.1, -0.05) is 24.0 Å². The Morgan fingerprint density at radius 1 is 1.10 bits per heavy atom. The fraction of sp³-hybridized carbons (Fsp3) is 0.438. The van der Waals surface area contributed by atoms with Crippen molar-refractivity contribution in [2.24, 2.45) is 5.92 Å². The minimum absolute atomic E-state index is 0.0108. The van der Waals surface area contributed by atoms with Crippen LogP contribution in [0.1, 0.15) is 43.0 Å². The second-order valence-electron chi connectivity index (χ2n) is 11.6. The molecule has 0 spiro atoms. The van der Waals surface area contributed by atoms with Gasteiger partial charge in [0.25, 0.3) is 10.0 Å². The van der Waals surface area contributed by atoms with Crippen LogP contribution in [0.3, 0.4) is 0 Å². The minimum atomic E-state index is -4.61. The first kappa shape index (κ1) is 36.9. The molecule has 260 valence electrons. The third-order valence-electron chi connectivity index (χ3n) is 7.59. The summed E-state index contributed by atoms with van der Waals surface area (Å²) >= 11 is 1.10. The lowest BCUT2D eigenvalue weighted by Gasteiger charge is -2.29. The maximum Gasteiger partial charge on any atom is 0.393 e. The fourth-order valence-corrected chi connectivity index (χ4v) is 7.78. The van der Waals surface area contributed by atoms with Crippen LogP contribution >= 0.6 is 11.3 Å². The molecule has 4 rings (SSSR count). The Morgan fingerprint density at radius 3 is 2.44 bits per heavy atom. The number of nitrogens with zero attached hydrogens (tertiary/aromatic N) is 1. The molecule has 48 heavy (non-hydrogen) atoms. The van der Waals surface area contributed by atoms with Crippen molar-refractivity contribution in [1.29, 1.82) is 0 Å². The summed E-state index contributed by atoms with van der Waals surface area (Å²) in [6.45, 7) is -0.333. The minimum Gasteiger partial charge on any atom is -0.461 e. The second kappa shape index (κ2) is 15.5. The predicted octanol–water partition coefficient (Wildman–Crippen LogP) is 5.84. The summed E-state index contributed by atoms with van der Waals surface area (Å²) in [5, 5.41) is 6.55. The number of alkyl halides is 4. The van der Waals surface area contributed by atoms with Crippen LogP contribution in [0, 0.1) is 23.6 Å². The first-order chi connectivity index (χ1) is 22.6. The highest BCUT2D eigenvalue weighted by atomic mass is 32.2. The Kier molecular flexibility index (Phi) is 11.9. The quantitative estimate of drug-likeness (QED) is 0.158. The first-order valence-electron chi connectivity index (χ1n) is 14.9. The molecule has 0 saturated heterocycles. The molecule has 0 aliphatic heterocycles. The summed E-state index contributed by atoms with van der Waals surface area (Å²) in [5.74, 6) is 3.04. The van der Waals surface area contributed by atoms with Gasteiger partial charge in [0.2, 0.25) is 12.8 Å². The van der Waals surface area contributed by atoms with Crippen LogP contribution in [-0.4, -0.2) is 71.3 Å². The van der Waals surface area contributed by atoms with Gasteiger partial charge < -0.3 is 20.3 Å². The topological polar surface area (TPSA) is 117 Å². The number of fused-ring (bicyclic) bond motifs is 1. The van der Waals surface area contributed by atoms with Crippen LogP contribution in [-0.2, 0) is 26.0 Å². The number of hydrogen-bond donors (Lipinski definition) is 3. The normalized spacial score (nSPS) is 16.7. The molecule has 3 N–H and O–H groups in total. The average Bonchev–Trinajstić information content (AvgIpc) is 3.32.